The molecule has 2 aromatic carbocycles. The number of para-hydroxylation sites is 1. The second kappa shape index (κ2) is 7.87. The number of carbonyl (C=O) groups excluding carboxylic acids is 3. The quantitative estimate of drug-likeness (QED) is 0.550. The lowest BCUT2D eigenvalue weighted by Crippen LogP contribution is -2.18. The summed E-state index contributed by atoms with van der Waals surface area (Å²) in [6.07, 6.45) is 1.62. The number of carbonyl (C=O) groups is 3. The largest absolute Gasteiger partial charge is 0.426 e. The number of hydrogen-bond acceptors (Lipinski definition) is 6. The van der Waals surface area contributed by atoms with Gasteiger partial charge in [-0.1, -0.05) is 18.2 Å². The highest BCUT2D eigenvalue weighted by molar-refractivity contribution is 6.11. The number of amides is 1. The summed E-state index contributed by atoms with van der Waals surface area (Å²) in [4.78, 5) is 40.3. The molecule has 3 aromatic rings. The predicted octanol–water partition coefficient (Wildman–Crippen LogP) is 3.65. The Kier molecular flexibility index (Phi) is 5.35. The van der Waals surface area contributed by atoms with Crippen LogP contribution < -0.4 is 14.8 Å². The maximum atomic E-state index is 13.1. The Morgan fingerprint density at radius 3 is 2.14 bits per heavy atom. The third-order valence-corrected chi connectivity index (χ3v) is 3.83. The van der Waals surface area contributed by atoms with Gasteiger partial charge in [0.25, 0.3) is 5.91 Å². The number of aromatic nitrogens is 1. The van der Waals surface area contributed by atoms with Crippen LogP contribution in [0.15, 0.2) is 48.7 Å². The van der Waals surface area contributed by atoms with Gasteiger partial charge in [-0.3, -0.25) is 19.4 Å². The SMILES string of the molecule is CC(=O)Oc1cc(C)cc(OC(C)=O)c1C(=O)Nc1cccc2cccnc12. The molecule has 1 aromatic heterocycles. The van der Waals surface area contributed by atoms with E-state index in [9.17, 15) is 14.4 Å². The van der Waals surface area contributed by atoms with Crippen molar-refractivity contribution in [3.63, 3.8) is 0 Å². The predicted molar refractivity (Wildman–Crippen MR) is 103 cm³/mol. The molecule has 142 valence electrons. The lowest BCUT2D eigenvalue weighted by molar-refractivity contribution is -0.132. The van der Waals surface area contributed by atoms with Gasteiger partial charge < -0.3 is 14.8 Å². The highest BCUT2D eigenvalue weighted by Crippen LogP contribution is 2.32. The van der Waals surface area contributed by atoms with Gasteiger partial charge in [0.1, 0.15) is 17.1 Å². The molecule has 1 heterocycles. The number of anilines is 1. The number of nitrogens with one attached hydrogen (secondary N) is 1. The van der Waals surface area contributed by atoms with E-state index in [0.29, 0.717) is 16.8 Å². The van der Waals surface area contributed by atoms with Crippen LogP contribution in [0, 0.1) is 6.92 Å². The molecule has 0 atom stereocenters. The third-order valence-electron chi connectivity index (χ3n) is 3.83. The van der Waals surface area contributed by atoms with Crippen LogP contribution in [0.2, 0.25) is 0 Å². The van der Waals surface area contributed by atoms with Crippen molar-refractivity contribution in [3.8, 4) is 11.5 Å². The first-order chi connectivity index (χ1) is 13.3. The van der Waals surface area contributed by atoms with Gasteiger partial charge in [0.15, 0.2) is 0 Å². The van der Waals surface area contributed by atoms with Gasteiger partial charge in [0.05, 0.1) is 11.2 Å². The molecule has 0 radical (unpaired) electrons. The topological polar surface area (TPSA) is 94.6 Å². The molecule has 0 unspecified atom stereocenters. The second-order valence-electron chi connectivity index (χ2n) is 6.16. The number of esters is 2. The summed E-state index contributed by atoms with van der Waals surface area (Å²) in [5.41, 5.74) is 1.69. The Morgan fingerprint density at radius 1 is 0.929 bits per heavy atom. The van der Waals surface area contributed by atoms with E-state index in [1.807, 2.05) is 12.1 Å². The average molecular weight is 378 g/mol. The van der Waals surface area contributed by atoms with Crippen LogP contribution in [0.3, 0.4) is 0 Å². The second-order valence-corrected chi connectivity index (χ2v) is 6.16. The summed E-state index contributed by atoms with van der Waals surface area (Å²) in [6.45, 7) is 4.19. The van der Waals surface area contributed by atoms with Crippen LogP contribution in [0.5, 0.6) is 11.5 Å². The molecular formula is C21H18N2O5. The van der Waals surface area contributed by atoms with Crippen LogP contribution in [0.1, 0.15) is 29.8 Å². The summed E-state index contributed by atoms with van der Waals surface area (Å²) < 4.78 is 10.4. The van der Waals surface area contributed by atoms with E-state index in [0.717, 1.165) is 5.39 Å². The lowest BCUT2D eigenvalue weighted by atomic mass is 10.1. The smallest absolute Gasteiger partial charge is 0.308 e. The monoisotopic (exact) mass is 378 g/mol. The Morgan fingerprint density at radius 2 is 1.54 bits per heavy atom. The van der Waals surface area contributed by atoms with E-state index in [2.05, 4.69) is 10.3 Å². The van der Waals surface area contributed by atoms with Gasteiger partial charge in [0.2, 0.25) is 0 Å². The Balaban J connectivity index is 2.08. The van der Waals surface area contributed by atoms with Gasteiger partial charge >= 0.3 is 11.9 Å². The summed E-state index contributed by atoms with van der Waals surface area (Å²) in [5.74, 6) is -1.77. The first kappa shape index (κ1) is 19.0. The molecule has 0 saturated carbocycles. The normalized spacial score (nSPS) is 10.4. The van der Waals surface area contributed by atoms with Crippen molar-refractivity contribution in [1.82, 2.24) is 4.98 Å². The van der Waals surface area contributed by atoms with Crippen molar-refractivity contribution in [2.75, 3.05) is 5.32 Å². The van der Waals surface area contributed by atoms with E-state index in [1.165, 1.54) is 26.0 Å². The molecule has 7 nitrogen and oxygen atoms in total. The summed E-state index contributed by atoms with van der Waals surface area (Å²) in [5, 5.41) is 3.62. The fourth-order valence-corrected chi connectivity index (χ4v) is 2.81. The number of hydrogen-bond donors (Lipinski definition) is 1. The molecule has 0 saturated heterocycles. The van der Waals surface area contributed by atoms with Gasteiger partial charge in [-0.05, 0) is 36.8 Å². The zero-order chi connectivity index (χ0) is 20.3. The van der Waals surface area contributed by atoms with Gasteiger partial charge in [-0.25, -0.2) is 0 Å². The van der Waals surface area contributed by atoms with E-state index in [1.54, 1.807) is 31.3 Å². The minimum atomic E-state index is -0.597. The number of pyridine rings is 1. The van der Waals surface area contributed by atoms with Crippen molar-refractivity contribution in [2.24, 2.45) is 0 Å². The van der Waals surface area contributed by atoms with Crippen molar-refractivity contribution in [2.45, 2.75) is 20.8 Å². The number of aryl methyl sites for hydroxylation is 1. The van der Waals surface area contributed by atoms with E-state index < -0.39 is 17.8 Å². The molecule has 0 aliphatic heterocycles. The first-order valence-electron chi connectivity index (χ1n) is 8.51. The highest BCUT2D eigenvalue weighted by Gasteiger charge is 2.23. The standard InChI is InChI=1S/C21H18N2O5/c1-12-10-17(27-13(2)24)19(18(11-12)28-14(3)25)21(26)23-16-8-4-6-15-7-5-9-22-20(15)16/h4-11H,1-3H3,(H,23,26). The van der Waals surface area contributed by atoms with Gasteiger partial charge in [0, 0.05) is 25.4 Å². The summed E-state index contributed by atoms with van der Waals surface area (Å²) in [7, 11) is 0. The molecule has 7 heteroatoms. The molecule has 0 bridgehead atoms. The molecule has 0 aliphatic rings. The minimum absolute atomic E-state index is 0.00875. The summed E-state index contributed by atoms with van der Waals surface area (Å²) >= 11 is 0. The van der Waals surface area contributed by atoms with Crippen molar-refractivity contribution < 1.29 is 23.9 Å². The number of ether oxygens (including phenoxy) is 2. The van der Waals surface area contributed by atoms with Gasteiger partial charge in [-0.15, -0.1) is 0 Å². The van der Waals surface area contributed by atoms with Gasteiger partial charge in [-0.2, -0.15) is 0 Å². The molecular weight excluding hydrogens is 360 g/mol. The Bertz CT molecular complexity index is 1050. The van der Waals surface area contributed by atoms with Crippen molar-refractivity contribution in [3.05, 3.63) is 59.8 Å². The number of benzene rings is 2. The lowest BCUT2D eigenvalue weighted by Gasteiger charge is -2.15. The number of rotatable bonds is 4. The van der Waals surface area contributed by atoms with Crippen molar-refractivity contribution >= 4 is 34.4 Å². The van der Waals surface area contributed by atoms with Crippen molar-refractivity contribution in [1.29, 1.82) is 0 Å². The maximum Gasteiger partial charge on any atom is 0.308 e. The molecule has 3 rings (SSSR count). The Labute approximate surface area is 161 Å². The molecule has 1 N–H and O–H groups in total. The average Bonchev–Trinajstić information content (AvgIpc) is 2.60. The van der Waals surface area contributed by atoms with Crippen LogP contribution >= 0.6 is 0 Å². The molecule has 0 fully saturated rings. The van der Waals surface area contributed by atoms with Crippen LogP contribution in [0.25, 0.3) is 10.9 Å². The fraction of sp³-hybridized carbons (Fsp3) is 0.143. The van der Waals surface area contributed by atoms with E-state index >= 15 is 0 Å². The van der Waals surface area contributed by atoms with E-state index in [4.69, 9.17) is 9.47 Å². The Hall–Kier alpha value is -3.74. The fourth-order valence-electron chi connectivity index (χ4n) is 2.81. The zero-order valence-corrected chi connectivity index (χ0v) is 15.6. The molecule has 28 heavy (non-hydrogen) atoms. The zero-order valence-electron chi connectivity index (χ0n) is 15.6. The molecule has 0 aliphatic carbocycles. The number of fused-ring (bicyclic) bond motifs is 1. The third kappa shape index (κ3) is 4.15. The molecule has 0 spiro atoms. The van der Waals surface area contributed by atoms with Crippen LogP contribution in [0.4, 0.5) is 5.69 Å². The van der Waals surface area contributed by atoms with Crippen LogP contribution in [-0.4, -0.2) is 22.8 Å². The maximum absolute atomic E-state index is 13.1. The molecule has 1 amide bonds. The van der Waals surface area contributed by atoms with E-state index in [-0.39, 0.29) is 17.1 Å². The summed E-state index contributed by atoms with van der Waals surface area (Å²) in [6, 6.07) is 12.1. The van der Waals surface area contributed by atoms with Crippen LogP contribution in [-0.2, 0) is 9.59 Å². The first-order valence-corrected chi connectivity index (χ1v) is 8.51. The highest BCUT2D eigenvalue weighted by atomic mass is 16.5. The minimum Gasteiger partial charge on any atom is -0.426 e. The number of nitrogens with zero attached hydrogens (tertiary/aromatic N) is 1.